The van der Waals surface area contributed by atoms with Gasteiger partial charge in [-0.05, 0) is 39.4 Å². The molecule has 0 saturated carbocycles. The van der Waals surface area contributed by atoms with Gasteiger partial charge in [0.2, 0.25) is 0 Å². The van der Waals surface area contributed by atoms with E-state index in [4.69, 9.17) is 0 Å². The Morgan fingerprint density at radius 3 is 2.40 bits per heavy atom. The standard InChI is InChI=1S/C8H18N2/c1-3-8(9-2)10-6-4-5-7-10/h8-9H,3-7H2,1-2H3. The third-order valence-electron chi connectivity index (χ3n) is 2.30. The van der Waals surface area contributed by atoms with Gasteiger partial charge >= 0.3 is 0 Å². The SMILES string of the molecule is CCC(NC)N1CCCC1. The highest BCUT2D eigenvalue weighted by Crippen LogP contribution is 2.11. The summed E-state index contributed by atoms with van der Waals surface area (Å²) in [5, 5.41) is 3.32. The fourth-order valence-electron chi connectivity index (χ4n) is 1.70. The topological polar surface area (TPSA) is 15.3 Å². The van der Waals surface area contributed by atoms with E-state index in [1.165, 1.54) is 32.4 Å². The van der Waals surface area contributed by atoms with Crippen molar-refractivity contribution in [3.05, 3.63) is 0 Å². The molecule has 1 fully saturated rings. The van der Waals surface area contributed by atoms with Crippen LogP contribution in [0.5, 0.6) is 0 Å². The Bertz CT molecular complexity index is 83.3. The molecule has 0 radical (unpaired) electrons. The molecule has 0 aromatic heterocycles. The third-order valence-corrected chi connectivity index (χ3v) is 2.30. The van der Waals surface area contributed by atoms with Crippen LogP contribution in [-0.2, 0) is 0 Å². The molecule has 1 rings (SSSR count). The lowest BCUT2D eigenvalue weighted by Gasteiger charge is -2.25. The highest BCUT2D eigenvalue weighted by molar-refractivity contribution is 4.71. The van der Waals surface area contributed by atoms with Crippen molar-refractivity contribution >= 4 is 0 Å². The number of hydrogen-bond donors (Lipinski definition) is 1. The maximum atomic E-state index is 3.32. The molecule has 2 heteroatoms. The van der Waals surface area contributed by atoms with Crippen molar-refractivity contribution in [2.75, 3.05) is 20.1 Å². The van der Waals surface area contributed by atoms with Gasteiger partial charge in [-0.2, -0.15) is 0 Å². The van der Waals surface area contributed by atoms with Gasteiger partial charge in [-0.15, -0.1) is 0 Å². The molecular weight excluding hydrogens is 124 g/mol. The van der Waals surface area contributed by atoms with Crippen LogP contribution >= 0.6 is 0 Å². The van der Waals surface area contributed by atoms with Crippen LogP contribution in [-0.4, -0.2) is 31.2 Å². The molecular formula is C8H18N2. The molecule has 0 bridgehead atoms. The Balaban J connectivity index is 2.29. The molecule has 0 aromatic carbocycles. The van der Waals surface area contributed by atoms with Gasteiger partial charge < -0.3 is 5.32 Å². The molecule has 0 aliphatic carbocycles. The quantitative estimate of drug-likeness (QED) is 0.633. The lowest BCUT2D eigenvalue weighted by molar-refractivity contribution is 0.208. The molecule has 1 unspecified atom stereocenters. The fourth-order valence-corrected chi connectivity index (χ4v) is 1.70. The number of nitrogens with zero attached hydrogens (tertiary/aromatic N) is 1. The first-order chi connectivity index (χ1) is 4.88. The molecule has 0 spiro atoms. The van der Waals surface area contributed by atoms with Crippen LogP contribution in [0.1, 0.15) is 26.2 Å². The second-order valence-electron chi connectivity index (χ2n) is 2.96. The summed E-state index contributed by atoms with van der Waals surface area (Å²) in [5.74, 6) is 0. The van der Waals surface area contributed by atoms with Crippen LogP contribution in [0, 0.1) is 0 Å². The zero-order valence-corrected chi connectivity index (χ0v) is 7.06. The second-order valence-corrected chi connectivity index (χ2v) is 2.96. The average molecular weight is 142 g/mol. The Labute approximate surface area is 63.6 Å². The number of likely N-dealkylation sites (tertiary alicyclic amines) is 1. The Morgan fingerprint density at radius 2 is 2.00 bits per heavy atom. The van der Waals surface area contributed by atoms with Gasteiger partial charge in [-0.3, -0.25) is 4.90 Å². The maximum absolute atomic E-state index is 3.32. The monoisotopic (exact) mass is 142 g/mol. The molecule has 1 heterocycles. The van der Waals surface area contributed by atoms with E-state index < -0.39 is 0 Å². The molecule has 1 N–H and O–H groups in total. The van der Waals surface area contributed by atoms with Crippen LogP contribution in [0.2, 0.25) is 0 Å². The molecule has 10 heavy (non-hydrogen) atoms. The van der Waals surface area contributed by atoms with Gasteiger partial charge in [-0.1, -0.05) is 6.92 Å². The van der Waals surface area contributed by atoms with Gasteiger partial charge in [0.1, 0.15) is 0 Å². The van der Waals surface area contributed by atoms with E-state index >= 15 is 0 Å². The summed E-state index contributed by atoms with van der Waals surface area (Å²) in [6.45, 7) is 4.82. The lowest BCUT2D eigenvalue weighted by atomic mass is 10.3. The van der Waals surface area contributed by atoms with Gasteiger partial charge in [0.05, 0.1) is 6.17 Å². The van der Waals surface area contributed by atoms with Crippen LogP contribution in [0.25, 0.3) is 0 Å². The van der Waals surface area contributed by atoms with Crippen LogP contribution in [0.15, 0.2) is 0 Å². The second kappa shape index (κ2) is 3.94. The van der Waals surface area contributed by atoms with E-state index in [1.54, 1.807) is 0 Å². The summed E-state index contributed by atoms with van der Waals surface area (Å²) in [5.41, 5.74) is 0. The van der Waals surface area contributed by atoms with E-state index in [0.717, 1.165) is 0 Å². The zero-order valence-electron chi connectivity index (χ0n) is 7.06. The average Bonchev–Trinajstić information content (AvgIpc) is 2.43. The molecule has 1 aliphatic rings. The molecule has 0 amide bonds. The van der Waals surface area contributed by atoms with E-state index in [0.29, 0.717) is 6.17 Å². The normalized spacial score (nSPS) is 23.4. The summed E-state index contributed by atoms with van der Waals surface area (Å²) in [6, 6.07) is 0. The Hall–Kier alpha value is -0.0800. The molecule has 1 aliphatic heterocycles. The molecule has 0 aromatic rings. The third kappa shape index (κ3) is 1.70. The van der Waals surface area contributed by atoms with E-state index in [2.05, 4.69) is 17.1 Å². The molecule has 60 valence electrons. The summed E-state index contributed by atoms with van der Waals surface area (Å²) in [4.78, 5) is 2.53. The summed E-state index contributed by atoms with van der Waals surface area (Å²) >= 11 is 0. The smallest absolute Gasteiger partial charge is 0.0591 e. The van der Waals surface area contributed by atoms with Gasteiger partial charge in [0.25, 0.3) is 0 Å². The maximum Gasteiger partial charge on any atom is 0.0591 e. The van der Waals surface area contributed by atoms with Crippen molar-refractivity contribution in [2.45, 2.75) is 32.4 Å². The summed E-state index contributed by atoms with van der Waals surface area (Å²) in [7, 11) is 2.05. The minimum atomic E-state index is 0.627. The van der Waals surface area contributed by atoms with Gasteiger partial charge in [0.15, 0.2) is 0 Å². The van der Waals surface area contributed by atoms with Crippen molar-refractivity contribution in [3.63, 3.8) is 0 Å². The largest absolute Gasteiger partial charge is 0.305 e. The van der Waals surface area contributed by atoms with Crippen molar-refractivity contribution < 1.29 is 0 Å². The van der Waals surface area contributed by atoms with Gasteiger partial charge in [0, 0.05) is 0 Å². The zero-order chi connectivity index (χ0) is 7.40. The van der Waals surface area contributed by atoms with Crippen LogP contribution < -0.4 is 5.32 Å². The van der Waals surface area contributed by atoms with Crippen molar-refractivity contribution in [2.24, 2.45) is 0 Å². The van der Waals surface area contributed by atoms with Crippen molar-refractivity contribution in [3.8, 4) is 0 Å². The fraction of sp³-hybridized carbons (Fsp3) is 1.00. The lowest BCUT2D eigenvalue weighted by Crippen LogP contribution is -2.41. The highest BCUT2D eigenvalue weighted by atomic mass is 15.3. The van der Waals surface area contributed by atoms with Crippen LogP contribution in [0.4, 0.5) is 0 Å². The van der Waals surface area contributed by atoms with Crippen LogP contribution in [0.3, 0.4) is 0 Å². The van der Waals surface area contributed by atoms with Gasteiger partial charge in [-0.25, -0.2) is 0 Å². The predicted molar refractivity (Wildman–Crippen MR) is 43.9 cm³/mol. The summed E-state index contributed by atoms with van der Waals surface area (Å²) in [6.07, 6.45) is 4.62. The first-order valence-electron chi connectivity index (χ1n) is 4.29. The van der Waals surface area contributed by atoms with E-state index in [1.807, 2.05) is 7.05 Å². The Morgan fingerprint density at radius 1 is 1.40 bits per heavy atom. The molecule has 1 saturated heterocycles. The first-order valence-corrected chi connectivity index (χ1v) is 4.29. The molecule has 2 nitrogen and oxygen atoms in total. The van der Waals surface area contributed by atoms with Crippen molar-refractivity contribution in [1.29, 1.82) is 0 Å². The minimum absolute atomic E-state index is 0.627. The number of nitrogens with one attached hydrogen (secondary N) is 1. The first kappa shape index (κ1) is 8.02. The highest BCUT2D eigenvalue weighted by Gasteiger charge is 2.17. The number of hydrogen-bond acceptors (Lipinski definition) is 2. The van der Waals surface area contributed by atoms with Crippen molar-refractivity contribution in [1.82, 2.24) is 10.2 Å². The minimum Gasteiger partial charge on any atom is -0.305 e. The number of rotatable bonds is 3. The van der Waals surface area contributed by atoms with E-state index in [-0.39, 0.29) is 0 Å². The predicted octanol–water partition coefficient (Wildman–Crippen LogP) is 1.04. The summed E-state index contributed by atoms with van der Waals surface area (Å²) < 4.78 is 0. The van der Waals surface area contributed by atoms with E-state index in [9.17, 15) is 0 Å². The molecule has 1 atom stereocenters. The Kier molecular flexibility index (Phi) is 3.16.